The number of aromatic amines is 1. The minimum absolute atomic E-state index is 0.166. The highest BCUT2D eigenvalue weighted by atomic mass is 79.9. The van der Waals surface area contributed by atoms with Gasteiger partial charge in [-0.1, -0.05) is 12.1 Å². The summed E-state index contributed by atoms with van der Waals surface area (Å²) >= 11 is 3.17. The fourth-order valence-corrected chi connectivity index (χ4v) is 1.98. The number of hydrazine groups is 1. The molecule has 1 aromatic heterocycles. The van der Waals surface area contributed by atoms with E-state index in [1.807, 2.05) is 0 Å². The van der Waals surface area contributed by atoms with E-state index in [9.17, 15) is 18.8 Å². The minimum Gasteiger partial charge on any atom is -0.356 e. The van der Waals surface area contributed by atoms with E-state index in [-0.39, 0.29) is 11.3 Å². The van der Waals surface area contributed by atoms with Crippen LogP contribution in [0.2, 0.25) is 0 Å². The molecule has 4 N–H and O–H groups in total. The molecule has 1 aromatic carbocycles. The lowest BCUT2D eigenvalue weighted by Gasteiger charge is -2.08. The van der Waals surface area contributed by atoms with Gasteiger partial charge in [-0.2, -0.15) is 0 Å². The first-order chi connectivity index (χ1) is 11.0. The Morgan fingerprint density at radius 3 is 2.52 bits per heavy atom. The summed E-state index contributed by atoms with van der Waals surface area (Å²) in [5, 5.41) is 2.25. The second kappa shape index (κ2) is 7.54. The zero-order chi connectivity index (χ0) is 16.8. The topological polar surface area (TPSA) is 103 Å². The number of aromatic nitrogens is 1. The van der Waals surface area contributed by atoms with Crippen LogP contribution in [0.4, 0.5) is 4.39 Å². The first-order valence-electron chi connectivity index (χ1n) is 6.43. The third-order valence-electron chi connectivity index (χ3n) is 2.74. The number of nitrogens with one attached hydrogen (secondary N) is 4. The second-order valence-electron chi connectivity index (χ2n) is 4.40. The standard InChI is InChI=1S/C14H12BrFN4O3/c15-8-5-11(17-6-8)14(23)20-19-12(21)7-18-13(22)9-3-1-2-4-10(9)16/h1-6,17H,7H2,(H,18,22)(H,19,21)(H,20,23). The fraction of sp³-hybridized carbons (Fsp3) is 0.0714. The Hall–Kier alpha value is -2.68. The van der Waals surface area contributed by atoms with Gasteiger partial charge in [-0.05, 0) is 34.1 Å². The van der Waals surface area contributed by atoms with Crippen LogP contribution in [0.25, 0.3) is 0 Å². The molecule has 0 aliphatic rings. The van der Waals surface area contributed by atoms with Gasteiger partial charge in [0.1, 0.15) is 11.5 Å². The molecule has 2 rings (SSSR count). The zero-order valence-corrected chi connectivity index (χ0v) is 13.2. The molecule has 120 valence electrons. The average molecular weight is 383 g/mol. The van der Waals surface area contributed by atoms with Crippen molar-refractivity contribution < 1.29 is 18.8 Å². The van der Waals surface area contributed by atoms with E-state index in [0.717, 1.165) is 6.07 Å². The van der Waals surface area contributed by atoms with Crippen molar-refractivity contribution in [2.45, 2.75) is 0 Å². The maximum atomic E-state index is 13.4. The Morgan fingerprint density at radius 1 is 1.13 bits per heavy atom. The van der Waals surface area contributed by atoms with Gasteiger partial charge in [-0.3, -0.25) is 25.2 Å². The van der Waals surface area contributed by atoms with Gasteiger partial charge in [0.15, 0.2) is 0 Å². The van der Waals surface area contributed by atoms with Crippen LogP contribution in [0.3, 0.4) is 0 Å². The quantitative estimate of drug-likeness (QED) is 0.595. The van der Waals surface area contributed by atoms with Crippen molar-refractivity contribution in [2.75, 3.05) is 6.54 Å². The lowest BCUT2D eigenvalue weighted by Crippen LogP contribution is -2.46. The number of rotatable bonds is 4. The molecule has 0 spiro atoms. The predicted octanol–water partition coefficient (Wildman–Crippen LogP) is 1.11. The maximum absolute atomic E-state index is 13.4. The molecule has 2 aromatic rings. The summed E-state index contributed by atoms with van der Waals surface area (Å²) < 4.78 is 14.1. The van der Waals surface area contributed by atoms with E-state index in [1.54, 1.807) is 6.20 Å². The number of hydrogen-bond donors (Lipinski definition) is 4. The van der Waals surface area contributed by atoms with Crippen molar-refractivity contribution in [1.82, 2.24) is 21.2 Å². The summed E-state index contributed by atoms with van der Waals surface area (Å²) in [5.74, 6) is -2.62. The fourth-order valence-electron chi connectivity index (χ4n) is 1.64. The largest absolute Gasteiger partial charge is 0.356 e. The maximum Gasteiger partial charge on any atom is 0.286 e. The molecule has 1 heterocycles. The van der Waals surface area contributed by atoms with Gasteiger partial charge in [-0.25, -0.2) is 4.39 Å². The van der Waals surface area contributed by atoms with Crippen LogP contribution in [0.15, 0.2) is 41.0 Å². The average Bonchev–Trinajstić information content (AvgIpc) is 2.97. The molecular weight excluding hydrogens is 371 g/mol. The van der Waals surface area contributed by atoms with Crippen molar-refractivity contribution in [3.63, 3.8) is 0 Å². The molecular formula is C14H12BrFN4O3. The van der Waals surface area contributed by atoms with Gasteiger partial charge in [0.2, 0.25) is 0 Å². The van der Waals surface area contributed by atoms with Crippen LogP contribution in [0.5, 0.6) is 0 Å². The lowest BCUT2D eigenvalue weighted by atomic mass is 10.2. The number of carbonyl (C=O) groups excluding carboxylic acids is 3. The molecule has 23 heavy (non-hydrogen) atoms. The highest BCUT2D eigenvalue weighted by Gasteiger charge is 2.13. The molecule has 0 unspecified atom stereocenters. The Bertz CT molecular complexity index is 747. The summed E-state index contributed by atoms with van der Waals surface area (Å²) in [6.07, 6.45) is 1.56. The van der Waals surface area contributed by atoms with Crippen molar-refractivity contribution in [3.05, 3.63) is 58.1 Å². The Morgan fingerprint density at radius 2 is 1.87 bits per heavy atom. The lowest BCUT2D eigenvalue weighted by molar-refractivity contribution is -0.120. The number of benzene rings is 1. The summed E-state index contributed by atoms with van der Waals surface area (Å²) in [6, 6.07) is 6.93. The van der Waals surface area contributed by atoms with Crippen LogP contribution in [-0.4, -0.2) is 29.3 Å². The number of halogens is 2. The van der Waals surface area contributed by atoms with E-state index in [4.69, 9.17) is 0 Å². The first-order valence-corrected chi connectivity index (χ1v) is 7.22. The number of H-pyrrole nitrogens is 1. The number of hydrogen-bond acceptors (Lipinski definition) is 3. The molecule has 9 heteroatoms. The Labute approximate surface area is 138 Å². The van der Waals surface area contributed by atoms with E-state index in [1.165, 1.54) is 24.3 Å². The molecule has 0 radical (unpaired) electrons. The van der Waals surface area contributed by atoms with Gasteiger partial charge in [0.05, 0.1) is 12.1 Å². The molecule has 0 aliphatic heterocycles. The van der Waals surface area contributed by atoms with Gasteiger partial charge < -0.3 is 10.3 Å². The molecule has 3 amide bonds. The van der Waals surface area contributed by atoms with Gasteiger partial charge in [0, 0.05) is 10.7 Å². The van der Waals surface area contributed by atoms with Crippen LogP contribution >= 0.6 is 15.9 Å². The summed E-state index contributed by atoms with van der Waals surface area (Å²) in [4.78, 5) is 37.6. The number of carbonyl (C=O) groups is 3. The molecule has 0 fully saturated rings. The van der Waals surface area contributed by atoms with Gasteiger partial charge in [-0.15, -0.1) is 0 Å². The normalized spacial score (nSPS) is 10.0. The van der Waals surface area contributed by atoms with E-state index < -0.39 is 30.1 Å². The molecule has 0 saturated carbocycles. The van der Waals surface area contributed by atoms with Crippen LogP contribution < -0.4 is 16.2 Å². The summed E-state index contributed by atoms with van der Waals surface area (Å²) in [5.41, 5.74) is 4.38. The SMILES string of the molecule is O=C(CNC(=O)c1ccccc1F)NNC(=O)c1cc(Br)c[nH]1. The molecule has 7 nitrogen and oxygen atoms in total. The van der Waals surface area contributed by atoms with E-state index in [2.05, 4.69) is 37.1 Å². The van der Waals surface area contributed by atoms with Crippen LogP contribution in [0.1, 0.15) is 20.8 Å². The predicted molar refractivity (Wildman–Crippen MR) is 82.8 cm³/mol. The Balaban J connectivity index is 1.78. The smallest absolute Gasteiger partial charge is 0.286 e. The Kier molecular flexibility index (Phi) is 5.47. The summed E-state index contributed by atoms with van der Waals surface area (Å²) in [7, 11) is 0. The van der Waals surface area contributed by atoms with E-state index in [0.29, 0.717) is 4.47 Å². The molecule has 0 atom stereocenters. The van der Waals surface area contributed by atoms with Crippen LogP contribution in [0, 0.1) is 5.82 Å². The van der Waals surface area contributed by atoms with Crippen molar-refractivity contribution in [2.24, 2.45) is 0 Å². The molecule has 0 aliphatic carbocycles. The molecule has 0 saturated heterocycles. The monoisotopic (exact) mass is 382 g/mol. The third-order valence-corrected chi connectivity index (χ3v) is 3.19. The highest BCUT2D eigenvalue weighted by Crippen LogP contribution is 2.09. The second-order valence-corrected chi connectivity index (χ2v) is 5.31. The first kappa shape index (κ1) is 16.7. The van der Waals surface area contributed by atoms with Crippen molar-refractivity contribution >= 4 is 33.7 Å². The number of amides is 3. The summed E-state index contributed by atoms with van der Waals surface area (Å²) in [6.45, 7) is -0.415. The van der Waals surface area contributed by atoms with E-state index >= 15 is 0 Å². The third kappa shape index (κ3) is 4.65. The zero-order valence-electron chi connectivity index (χ0n) is 11.7. The highest BCUT2D eigenvalue weighted by molar-refractivity contribution is 9.10. The van der Waals surface area contributed by atoms with Gasteiger partial charge >= 0.3 is 0 Å². The van der Waals surface area contributed by atoms with Crippen molar-refractivity contribution in [1.29, 1.82) is 0 Å². The van der Waals surface area contributed by atoms with Gasteiger partial charge in [0.25, 0.3) is 17.7 Å². The molecule has 0 bridgehead atoms. The van der Waals surface area contributed by atoms with Crippen LogP contribution in [-0.2, 0) is 4.79 Å². The minimum atomic E-state index is -0.724. The van der Waals surface area contributed by atoms with Crippen molar-refractivity contribution in [3.8, 4) is 0 Å².